The molecule has 5 aliphatic rings. The van der Waals surface area contributed by atoms with Crippen LogP contribution in [0.15, 0.2) is 47.1 Å². The van der Waals surface area contributed by atoms with Crippen LogP contribution in [0.25, 0.3) is 21.3 Å². The van der Waals surface area contributed by atoms with Gasteiger partial charge in [-0.1, -0.05) is 38.5 Å². The first-order valence-electron chi connectivity index (χ1n) is 9.46. The Labute approximate surface area is 161 Å². The first-order valence-corrected chi connectivity index (χ1v) is 9.46. The molecule has 0 aromatic heterocycles. The molecule has 132 valence electrons. The smallest absolute Gasteiger partial charge is 0.682 e. The number of fused-ring (bicyclic) bond motifs is 8. The Morgan fingerprint density at radius 2 is 1.04 bits per heavy atom. The van der Waals surface area contributed by atoms with Gasteiger partial charge in [0.15, 0.2) is 0 Å². The van der Waals surface area contributed by atoms with E-state index in [4.69, 9.17) is 21.3 Å². The molecule has 5 heterocycles. The Balaban J connectivity index is 0.00000157. The fourth-order valence-electron chi connectivity index (χ4n) is 4.44. The van der Waals surface area contributed by atoms with Crippen molar-refractivity contribution < 1.29 is 17.1 Å². The molecule has 0 saturated carbocycles. The summed E-state index contributed by atoms with van der Waals surface area (Å²) in [5.74, 6) is 0. The predicted molar refractivity (Wildman–Crippen MR) is 97.9 cm³/mol. The summed E-state index contributed by atoms with van der Waals surface area (Å²) >= 11 is 0. The van der Waals surface area contributed by atoms with Crippen molar-refractivity contribution in [3.8, 4) is 0 Å². The molecule has 0 aromatic rings. The standard InChI is InChI=1S/C20H24N4.Fe/c1-2-14-10-16-5-6-18(23-16)12-20-8-7-19(24-20)11-17-4-3-15(22-17)9-13(1)21-14;/h9-14,17,20H,1-8H2;/q-4;+4/b15-9-,16-10-,18-12-,19-11-;. The molecule has 0 amide bonds. The Morgan fingerprint density at radius 1 is 0.560 bits per heavy atom. The van der Waals surface area contributed by atoms with Crippen LogP contribution in [-0.4, -0.2) is 24.2 Å². The van der Waals surface area contributed by atoms with E-state index in [0.29, 0.717) is 24.2 Å². The van der Waals surface area contributed by atoms with E-state index >= 15 is 0 Å². The van der Waals surface area contributed by atoms with Crippen LogP contribution in [0.3, 0.4) is 0 Å². The number of rotatable bonds is 0. The largest absolute Gasteiger partial charge is 4.00 e. The number of allylic oxidation sites excluding steroid dienone is 4. The van der Waals surface area contributed by atoms with E-state index in [1.54, 1.807) is 0 Å². The Morgan fingerprint density at radius 3 is 1.64 bits per heavy atom. The van der Waals surface area contributed by atoms with Crippen LogP contribution in [0, 0.1) is 0 Å². The number of hydrogen-bond donors (Lipinski definition) is 0. The Bertz CT molecular complexity index is 648. The summed E-state index contributed by atoms with van der Waals surface area (Å²) in [4.78, 5) is 0. The van der Waals surface area contributed by atoms with E-state index in [1.165, 1.54) is 22.8 Å². The molecule has 8 bridgehead atoms. The fourth-order valence-corrected chi connectivity index (χ4v) is 4.44. The molecule has 0 spiro atoms. The molecule has 0 radical (unpaired) electrons. The van der Waals surface area contributed by atoms with Gasteiger partial charge in [-0.2, -0.15) is 22.8 Å². The molecule has 5 rings (SSSR count). The summed E-state index contributed by atoms with van der Waals surface area (Å²) < 4.78 is 0. The van der Waals surface area contributed by atoms with E-state index in [2.05, 4.69) is 24.3 Å². The van der Waals surface area contributed by atoms with Crippen molar-refractivity contribution in [2.75, 3.05) is 0 Å². The Hall–Kier alpha value is -1.16. The predicted octanol–water partition coefficient (Wildman–Crippen LogP) is 5.68. The number of hydrogen-bond acceptors (Lipinski definition) is 0. The third-order valence-electron chi connectivity index (χ3n) is 5.66. The summed E-state index contributed by atoms with van der Waals surface area (Å²) in [5, 5.41) is 19.6. The van der Waals surface area contributed by atoms with Gasteiger partial charge in [0.2, 0.25) is 0 Å². The van der Waals surface area contributed by atoms with Crippen molar-refractivity contribution in [3.63, 3.8) is 0 Å². The molecule has 5 heteroatoms. The molecule has 0 aliphatic carbocycles. The van der Waals surface area contributed by atoms with Crippen molar-refractivity contribution >= 4 is 0 Å². The first-order chi connectivity index (χ1) is 11.8. The third kappa shape index (κ3) is 3.84. The van der Waals surface area contributed by atoms with Crippen LogP contribution in [0.5, 0.6) is 0 Å². The zero-order valence-corrected chi connectivity index (χ0v) is 15.5. The molecule has 4 fully saturated rings. The molecule has 25 heavy (non-hydrogen) atoms. The summed E-state index contributed by atoms with van der Waals surface area (Å²) in [5.41, 5.74) is 4.96. The maximum atomic E-state index is 4.97. The van der Waals surface area contributed by atoms with Crippen molar-refractivity contribution in [1.29, 1.82) is 0 Å². The molecular weight excluding hydrogens is 352 g/mol. The second kappa shape index (κ2) is 7.22. The van der Waals surface area contributed by atoms with Gasteiger partial charge in [0.05, 0.1) is 0 Å². The average molecular weight is 376 g/mol. The molecule has 4 nitrogen and oxygen atoms in total. The summed E-state index contributed by atoms with van der Waals surface area (Å²) in [6.45, 7) is 0. The van der Waals surface area contributed by atoms with Crippen molar-refractivity contribution in [2.24, 2.45) is 0 Å². The van der Waals surface area contributed by atoms with Crippen LogP contribution in [0.4, 0.5) is 0 Å². The number of nitrogens with zero attached hydrogens (tertiary/aromatic N) is 4. The van der Waals surface area contributed by atoms with Crippen LogP contribution in [0.1, 0.15) is 51.4 Å². The molecule has 0 aromatic carbocycles. The van der Waals surface area contributed by atoms with Crippen LogP contribution in [-0.2, 0) is 17.1 Å². The van der Waals surface area contributed by atoms with E-state index in [-0.39, 0.29) is 17.1 Å². The summed E-state index contributed by atoms with van der Waals surface area (Å²) in [6, 6.07) is 1.34. The topological polar surface area (TPSA) is 56.4 Å². The van der Waals surface area contributed by atoms with Crippen molar-refractivity contribution in [3.05, 3.63) is 68.4 Å². The first kappa shape index (κ1) is 17.3. The van der Waals surface area contributed by atoms with E-state index in [9.17, 15) is 0 Å². The minimum atomic E-state index is 0. The maximum Gasteiger partial charge on any atom is 4.00 e. The second-order valence-electron chi connectivity index (χ2n) is 7.58. The monoisotopic (exact) mass is 376 g/mol. The quantitative estimate of drug-likeness (QED) is 0.489. The molecule has 4 saturated heterocycles. The Kier molecular flexibility index (Phi) is 4.99. The van der Waals surface area contributed by atoms with Crippen molar-refractivity contribution in [1.82, 2.24) is 0 Å². The van der Waals surface area contributed by atoms with Gasteiger partial charge in [-0.25, -0.2) is 0 Å². The molecule has 5 aliphatic heterocycles. The van der Waals surface area contributed by atoms with Gasteiger partial charge < -0.3 is 21.3 Å². The summed E-state index contributed by atoms with van der Waals surface area (Å²) in [6.07, 6.45) is 18.1. The van der Waals surface area contributed by atoms with Gasteiger partial charge in [-0.15, -0.1) is 48.5 Å². The zero-order chi connectivity index (χ0) is 15.9. The zero-order valence-electron chi connectivity index (χ0n) is 14.4. The van der Waals surface area contributed by atoms with Crippen LogP contribution >= 0.6 is 0 Å². The van der Waals surface area contributed by atoms with Crippen molar-refractivity contribution in [2.45, 2.75) is 75.5 Å². The minimum Gasteiger partial charge on any atom is -0.682 e. The molecule has 4 unspecified atom stereocenters. The molecular formula is C20H24FeN4. The van der Waals surface area contributed by atoms with Gasteiger partial charge in [0.25, 0.3) is 0 Å². The van der Waals surface area contributed by atoms with Gasteiger partial charge in [-0.3, -0.25) is 0 Å². The van der Waals surface area contributed by atoms with Gasteiger partial charge in [0.1, 0.15) is 0 Å². The van der Waals surface area contributed by atoms with Gasteiger partial charge in [0, 0.05) is 0 Å². The van der Waals surface area contributed by atoms with Gasteiger partial charge in [-0.05, 0) is 12.8 Å². The van der Waals surface area contributed by atoms with E-state index in [1.807, 2.05) is 0 Å². The minimum absolute atomic E-state index is 0. The second-order valence-corrected chi connectivity index (χ2v) is 7.58. The van der Waals surface area contributed by atoms with Crippen LogP contribution < -0.4 is 0 Å². The third-order valence-corrected chi connectivity index (χ3v) is 5.66. The SMILES string of the molecule is C1=C2/CC/C(=C/C3CCC(/C=C4/CCC(/C=C5/CCC/1[N-]5)[N-]4)[N-]3)[N-]2.[Fe+4]. The van der Waals surface area contributed by atoms with E-state index < -0.39 is 0 Å². The molecule has 0 N–H and O–H groups in total. The summed E-state index contributed by atoms with van der Waals surface area (Å²) in [7, 11) is 0. The average Bonchev–Trinajstić information content (AvgIpc) is 3.32. The van der Waals surface area contributed by atoms with Gasteiger partial charge >= 0.3 is 17.1 Å². The molecule has 4 atom stereocenters. The maximum absolute atomic E-state index is 4.97. The normalized spacial score (nSPS) is 44.5. The van der Waals surface area contributed by atoms with E-state index in [0.717, 1.165) is 51.4 Å². The fraction of sp³-hybridized carbons (Fsp3) is 0.600. The van der Waals surface area contributed by atoms with Crippen LogP contribution in [0.2, 0.25) is 0 Å².